The fraction of sp³-hybridized carbons (Fsp3) is 0.364. The van der Waals surface area contributed by atoms with Crippen LogP contribution in [-0.2, 0) is 22.4 Å². The summed E-state index contributed by atoms with van der Waals surface area (Å²) >= 11 is 0. The number of aliphatic carboxylic acids is 2. The van der Waals surface area contributed by atoms with Gasteiger partial charge >= 0.3 is 11.9 Å². The molecule has 156 valence electrons. The summed E-state index contributed by atoms with van der Waals surface area (Å²) in [6.07, 6.45) is 4.35. The second kappa shape index (κ2) is 12.4. The molecule has 0 aliphatic rings. The largest absolute Gasteiger partial charge is 0.473 e. The molecule has 0 saturated carbocycles. The van der Waals surface area contributed by atoms with E-state index in [1.165, 1.54) is 5.56 Å². The lowest BCUT2D eigenvalue weighted by Crippen LogP contribution is -2.40. The van der Waals surface area contributed by atoms with Gasteiger partial charge in [-0.2, -0.15) is 0 Å². The maximum absolute atomic E-state index is 9.15. The highest BCUT2D eigenvalue weighted by molar-refractivity contribution is 6.27. The van der Waals surface area contributed by atoms with Crippen molar-refractivity contribution in [2.75, 3.05) is 6.61 Å². The first-order valence-corrected chi connectivity index (χ1v) is 9.21. The molecule has 1 aromatic carbocycles. The van der Waals surface area contributed by atoms with Gasteiger partial charge in [0.05, 0.1) is 6.61 Å². The van der Waals surface area contributed by atoms with E-state index in [4.69, 9.17) is 35.1 Å². The van der Waals surface area contributed by atoms with Gasteiger partial charge < -0.3 is 25.5 Å². The lowest BCUT2D eigenvalue weighted by molar-refractivity contribution is -0.159. The van der Waals surface area contributed by atoms with Gasteiger partial charge in [-0.3, -0.25) is 0 Å². The van der Waals surface area contributed by atoms with E-state index in [1.807, 2.05) is 25.1 Å². The molecule has 1 aromatic heterocycles. The number of aryl methyl sites for hydroxylation is 2. The minimum atomic E-state index is -1.82. The Balaban J connectivity index is 0.000000612. The average Bonchev–Trinajstić information content (AvgIpc) is 3.15. The molecule has 0 aliphatic heterocycles. The molecule has 0 saturated heterocycles. The zero-order valence-electron chi connectivity index (χ0n) is 16.4. The van der Waals surface area contributed by atoms with Crippen LogP contribution in [0, 0.1) is 11.8 Å². The van der Waals surface area contributed by atoms with Gasteiger partial charge in [-0.15, -0.1) is 0 Å². The number of carboxylic acids is 2. The molecule has 1 atom stereocenters. The predicted molar refractivity (Wildman–Crippen MR) is 108 cm³/mol. The summed E-state index contributed by atoms with van der Waals surface area (Å²) in [5.74, 6) is 4.14. The van der Waals surface area contributed by atoms with Crippen molar-refractivity contribution in [2.24, 2.45) is 5.73 Å². The average molecular weight is 401 g/mol. The third-order valence-electron chi connectivity index (χ3n) is 3.97. The Hall–Kier alpha value is -3.08. The molecule has 29 heavy (non-hydrogen) atoms. The van der Waals surface area contributed by atoms with Crippen LogP contribution in [0.15, 0.2) is 46.9 Å². The van der Waals surface area contributed by atoms with Crippen molar-refractivity contribution in [3.63, 3.8) is 0 Å². The fourth-order valence-corrected chi connectivity index (χ4v) is 2.24. The number of aliphatic hydroxyl groups is 1. The molecule has 0 spiro atoms. The molecule has 7 heteroatoms. The number of hydrogen-bond donors (Lipinski definition) is 4. The predicted octanol–water partition coefficient (Wildman–Crippen LogP) is 2.45. The van der Waals surface area contributed by atoms with Crippen molar-refractivity contribution >= 4 is 11.9 Å². The van der Waals surface area contributed by atoms with Crippen LogP contribution < -0.4 is 5.73 Å². The molecule has 7 nitrogen and oxygen atoms in total. The van der Waals surface area contributed by atoms with Crippen molar-refractivity contribution in [1.82, 2.24) is 0 Å². The van der Waals surface area contributed by atoms with Gasteiger partial charge in [-0.05, 0) is 49.8 Å². The molecule has 5 N–H and O–H groups in total. The van der Waals surface area contributed by atoms with Crippen LogP contribution in [-0.4, -0.2) is 39.4 Å². The molecule has 2 rings (SSSR count). The van der Waals surface area contributed by atoms with Crippen LogP contribution in [0.3, 0.4) is 0 Å². The molecule has 0 aliphatic carbocycles. The third kappa shape index (κ3) is 10.7. The monoisotopic (exact) mass is 401 g/mol. The van der Waals surface area contributed by atoms with Crippen LogP contribution in [0.1, 0.15) is 43.3 Å². The lowest BCUT2D eigenvalue weighted by Gasteiger charge is -2.20. The summed E-state index contributed by atoms with van der Waals surface area (Å²) in [7, 11) is 0. The van der Waals surface area contributed by atoms with Gasteiger partial charge in [0.15, 0.2) is 5.76 Å². The van der Waals surface area contributed by atoms with Gasteiger partial charge in [-0.1, -0.05) is 36.3 Å². The standard InChI is InChI=1S/C20H25NO2.C2H2O4/c1-20(21,16-22)15-14-19-13-12-18(23-19)11-7-3-6-10-17-8-4-2-5-9-17;3-1(4)2(5)6/h2,4-5,8-9,12-13,22H,3,6,10,14-16,21H2,1H3;(H,3,4)(H,5,6)/t20-;/m1./s1. The Morgan fingerprint density at radius 1 is 1.07 bits per heavy atom. The van der Waals surface area contributed by atoms with Gasteiger partial charge in [0, 0.05) is 18.4 Å². The highest BCUT2D eigenvalue weighted by Gasteiger charge is 2.17. The SMILES string of the molecule is C[C@](N)(CO)CCc1ccc(C#CCCCc2ccccc2)o1.O=C(O)C(=O)O. The second-order valence-electron chi connectivity index (χ2n) is 6.83. The number of carboxylic acid groups (broad SMARTS) is 2. The molecule has 2 aromatic rings. The minimum absolute atomic E-state index is 0.0260. The minimum Gasteiger partial charge on any atom is -0.473 e. The Labute approximate surface area is 170 Å². The summed E-state index contributed by atoms with van der Waals surface area (Å²) in [5, 5.41) is 23.9. The number of benzene rings is 1. The van der Waals surface area contributed by atoms with E-state index in [0.29, 0.717) is 18.6 Å². The van der Waals surface area contributed by atoms with Crippen LogP contribution in [0.5, 0.6) is 0 Å². The summed E-state index contributed by atoms with van der Waals surface area (Å²) in [6.45, 7) is 1.81. The fourth-order valence-electron chi connectivity index (χ4n) is 2.24. The first-order chi connectivity index (χ1) is 13.7. The highest BCUT2D eigenvalue weighted by Crippen LogP contribution is 2.14. The molecule has 1 heterocycles. The smallest absolute Gasteiger partial charge is 0.414 e. The first-order valence-electron chi connectivity index (χ1n) is 9.21. The molecule has 0 unspecified atom stereocenters. The van der Waals surface area contributed by atoms with Gasteiger partial charge in [-0.25, -0.2) is 9.59 Å². The second-order valence-corrected chi connectivity index (χ2v) is 6.83. The van der Waals surface area contributed by atoms with Crippen LogP contribution in [0.2, 0.25) is 0 Å². The highest BCUT2D eigenvalue weighted by atomic mass is 16.4. The van der Waals surface area contributed by atoms with Crippen molar-refractivity contribution in [1.29, 1.82) is 0 Å². The van der Waals surface area contributed by atoms with E-state index >= 15 is 0 Å². The number of aliphatic hydroxyl groups excluding tert-OH is 1. The Morgan fingerprint density at radius 3 is 2.31 bits per heavy atom. The topological polar surface area (TPSA) is 134 Å². The Kier molecular flexibility index (Phi) is 10.2. The van der Waals surface area contributed by atoms with Gasteiger partial charge in [0.2, 0.25) is 0 Å². The van der Waals surface area contributed by atoms with E-state index in [1.54, 1.807) is 0 Å². The third-order valence-corrected chi connectivity index (χ3v) is 3.97. The number of hydrogen-bond acceptors (Lipinski definition) is 5. The van der Waals surface area contributed by atoms with Crippen LogP contribution >= 0.6 is 0 Å². The van der Waals surface area contributed by atoms with Crippen LogP contribution in [0.4, 0.5) is 0 Å². The summed E-state index contributed by atoms with van der Waals surface area (Å²) in [6, 6.07) is 14.3. The van der Waals surface area contributed by atoms with E-state index in [0.717, 1.165) is 25.0 Å². The zero-order valence-corrected chi connectivity index (χ0v) is 16.4. The molecule has 0 bridgehead atoms. The summed E-state index contributed by atoms with van der Waals surface area (Å²) in [4.78, 5) is 18.2. The number of carbonyl (C=O) groups is 2. The number of furan rings is 1. The summed E-state index contributed by atoms with van der Waals surface area (Å²) in [5.41, 5.74) is 6.70. The number of rotatable bonds is 7. The van der Waals surface area contributed by atoms with Crippen molar-refractivity contribution in [3.05, 3.63) is 59.5 Å². The summed E-state index contributed by atoms with van der Waals surface area (Å²) < 4.78 is 5.68. The number of unbranched alkanes of at least 4 members (excludes halogenated alkanes) is 1. The van der Waals surface area contributed by atoms with Crippen molar-refractivity contribution < 1.29 is 29.3 Å². The first kappa shape index (κ1) is 24.0. The molecule has 0 amide bonds. The maximum atomic E-state index is 9.15. The van der Waals surface area contributed by atoms with E-state index < -0.39 is 17.5 Å². The quantitative estimate of drug-likeness (QED) is 0.318. The van der Waals surface area contributed by atoms with E-state index in [9.17, 15) is 0 Å². The lowest BCUT2D eigenvalue weighted by atomic mass is 9.98. The molecule has 0 radical (unpaired) electrons. The molecule has 0 fully saturated rings. The van der Waals surface area contributed by atoms with Gasteiger partial charge in [0.1, 0.15) is 5.76 Å². The normalized spacial score (nSPS) is 12.0. The zero-order chi connectivity index (χ0) is 21.7. The van der Waals surface area contributed by atoms with Gasteiger partial charge in [0.25, 0.3) is 0 Å². The molecular formula is C22H27NO6. The van der Waals surface area contributed by atoms with E-state index in [-0.39, 0.29) is 6.61 Å². The van der Waals surface area contributed by atoms with Crippen molar-refractivity contribution in [2.45, 2.75) is 44.6 Å². The number of nitrogens with two attached hydrogens (primary N) is 1. The Morgan fingerprint density at radius 2 is 1.72 bits per heavy atom. The van der Waals surface area contributed by atoms with Crippen LogP contribution in [0.25, 0.3) is 0 Å². The molecular weight excluding hydrogens is 374 g/mol. The van der Waals surface area contributed by atoms with Crippen molar-refractivity contribution in [3.8, 4) is 11.8 Å². The van der Waals surface area contributed by atoms with E-state index in [2.05, 4.69) is 36.1 Å². The maximum Gasteiger partial charge on any atom is 0.414 e. The Bertz CT molecular complexity index is 818.